The molecule has 0 bridgehead atoms. The molecule has 0 aliphatic heterocycles. The predicted octanol–water partition coefficient (Wildman–Crippen LogP) is 1.67. The normalized spacial score (nSPS) is 10.9. The minimum Gasteiger partial charge on any atom is -0.502 e. The average Bonchev–Trinajstić information content (AvgIpc) is 2.28. The molecule has 0 unspecified atom stereocenters. The van der Waals surface area contributed by atoms with Crippen LogP contribution in [0.5, 0.6) is 0 Å². The van der Waals surface area contributed by atoms with E-state index in [9.17, 15) is 20.0 Å². The Balaban J connectivity index is 3.02. The second-order valence-electron chi connectivity index (χ2n) is 2.87. The number of benzene rings is 1. The summed E-state index contributed by atoms with van der Waals surface area (Å²) in [6, 6.07) is 5.52. The molecule has 1 rings (SSSR count). The van der Waals surface area contributed by atoms with Gasteiger partial charge in [-0.15, -0.1) is 0 Å². The van der Waals surface area contributed by atoms with Crippen LogP contribution in [-0.4, -0.2) is 23.1 Å². The van der Waals surface area contributed by atoms with Crippen LogP contribution >= 0.6 is 0 Å². The lowest BCUT2D eigenvalue weighted by atomic mass is 10.2. The van der Waals surface area contributed by atoms with Gasteiger partial charge in [0.05, 0.1) is 12.0 Å². The van der Waals surface area contributed by atoms with Crippen LogP contribution in [-0.2, 0) is 9.53 Å². The van der Waals surface area contributed by atoms with Crippen molar-refractivity contribution in [1.82, 2.24) is 0 Å². The number of nitro groups is 1. The molecule has 84 valence electrons. The van der Waals surface area contributed by atoms with E-state index in [0.29, 0.717) is 5.56 Å². The number of non-ortho nitro benzene ring substituents is 1. The van der Waals surface area contributed by atoms with Crippen LogP contribution in [0, 0.1) is 10.1 Å². The molecule has 6 heteroatoms. The van der Waals surface area contributed by atoms with E-state index in [0.717, 1.165) is 13.2 Å². The molecule has 0 heterocycles. The maximum atomic E-state index is 10.9. The first kappa shape index (κ1) is 11.7. The molecule has 6 nitrogen and oxygen atoms in total. The van der Waals surface area contributed by atoms with Gasteiger partial charge in [-0.3, -0.25) is 10.1 Å². The van der Waals surface area contributed by atoms with Crippen molar-refractivity contribution in [1.29, 1.82) is 0 Å². The van der Waals surface area contributed by atoms with E-state index in [1.807, 2.05) is 0 Å². The van der Waals surface area contributed by atoms with Crippen LogP contribution in [0.3, 0.4) is 0 Å². The lowest BCUT2D eigenvalue weighted by Gasteiger charge is -1.98. The fraction of sp³-hybridized carbons (Fsp3) is 0.100. The summed E-state index contributed by atoms with van der Waals surface area (Å²) in [5, 5.41) is 19.7. The molecule has 1 aromatic carbocycles. The minimum atomic E-state index is -0.897. The van der Waals surface area contributed by atoms with E-state index in [1.165, 1.54) is 24.3 Å². The lowest BCUT2D eigenvalue weighted by molar-refractivity contribution is -0.384. The van der Waals surface area contributed by atoms with E-state index >= 15 is 0 Å². The van der Waals surface area contributed by atoms with Gasteiger partial charge in [-0.05, 0) is 11.6 Å². The number of rotatable bonds is 3. The maximum Gasteiger partial charge on any atom is 0.373 e. The standard InChI is InChI=1S/C10H9NO5/c1-16-10(13)9(12)6-7-3-2-4-8(5-7)11(14)15/h2-6,12H,1H3/b9-6-. The zero-order valence-electron chi connectivity index (χ0n) is 8.41. The molecular formula is C10H9NO5. The average molecular weight is 223 g/mol. The number of hydrogen-bond donors (Lipinski definition) is 1. The molecule has 0 atom stereocenters. The molecule has 1 N–H and O–H groups in total. The molecule has 0 aromatic heterocycles. The summed E-state index contributed by atoms with van der Waals surface area (Å²) in [5.41, 5.74) is 0.225. The largest absolute Gasteiger partial charge is 0.502 e. The molecule has 0 aliphatic rings. The van der Waals surface area contributed by atoms with Crippen LogP contribution in [0.15, 0.2) is 30.0 Å². The molecule has 0 saturated heterocycles. The summed E-state index contributed by atoms with van der Waals surface area (Å²) in [5.74, 6) is -1.51. The van der Waals surface area contributed by atoms with E-state index < -0.39 is 16.7 Å². The van der Waals surface area contributed by atoms with Gasteiger partial charge in [0.1, 0.15) is 0 Å². The Labute approximate surface area is 90.9 Å². The Morgan fingerprint density at radius 3 is 2.81 bits per heavy atom. The van der Waals surface area contributed by atoms with Crippen molar-refractivity contribution >= 4 is 17.7 Å². The van der Waals surface area contributed by atoms with Crippen molar-refractivity contribution in [2.24, 2.45) is 0 Å². The summed E-state index contributed by atoms with van der Waals surface area (Å²) in [7, 11) is 1.12. The second kappa shape index (κ2) is 4.92. The number of ether oxygens (including phenoxy) is 1. The molecule has 0 aliphatic carbocycles. The zero-order chi connectivity index (χ0) is 12.1. The van der Waals surface area contributed by atoms with Crippen LogP contribution in [0.2, 0.25) is 0 Å². The second-order valence-corrected chi connectivity index (χ2v) is 2.87. The van der Waals surface area contributed by atoms with Crippen LogP contribution < -0.4 is 0 Å². The van der Waals surface area contributed by atoms with Crippen LogP contribution in [0.1, 0.15) is 5.56 Å². The van der Waals surface area contributed by atoms with Gasteiger partial charge in [-0.25, -0.2) is 4.79 Å². The molecule has 0 radical (unpaired) electrons. The Morgan fingerprint density at radius 1 is 1.56 bits per heavy atom. The van der Waals surface area contributed by atoms with Crippen molar-refractivity contribution in [2.45, 2.75) is 0 Å². The van der Waals surface area contributed by atoms with Gasteiger partial charge in [0.15, 0.2) is 0 Å². The summed E-state index contributed by atoms with van der Waals surface area (Å²) >= 11 is 0. The van der Waals surface area contributed by atoms with E-state index in [2.05, 4.69) is 4.74 Å². The smallest absolute Gasteiger partial charge is 0.373 e. The van der Waals surface area contributed by atoms with Gasteiger partial charge in [0.2, 0.25) is 5.76 Å². The number of carbonyl (C=O) groups excluding carboxylic acids is 1. The highest BCUT2D eigenvalue weighted by molar-refractivity contribution is 5.90. The molecule has 16 heavy (non-hydrogen) atoms. The van der Waals surface area contributed by atoms with Crippen molar-refractivity contribution in [3.63, 3.8) is 0 Å². The van der Waals surface area contributed by atoms with Gasteiger partial charge in [-0.1, -0.05) is 12.1 Å². The number of carbonyl (C=O) groups is 1. The summed E-state index contributed by atoms with van der Waals surface area (Å²) in [6.45, 7) is 0. The Hall–Kier alpha value is -2.37. The molecule has 1 aromatic rings. The van der Waals surface area contributed by atoms with Crippen LogP contribution in [0.4, 0.5) is 5.69 Å². The number of esters is 1. The Morgan fingerprint density at radius 2 is 2.25 bits per heavy atom. The SMILES string of the molecule is COC(=O)/C(O)=C/c1cccc([N+](=O)[O-])c1. The maximum absolute atomic E-state index is 10.9. The van der Waals surface area contributed by atoms with Crippen molar-refractivity contribution in [2.75, 3.05) is 7.11 Å². The monoisotopic (exact) mass is 223 g/mol. The summed E-state index contributed by atoms with van der Waals surface area (Å²) < 4.78 is 4.27. The molecule has 0 saturated carbocycles. The Kier molecular flexibility index (Phi) is 3.60. The summed E-state index contributed by atoms with van der Waals surface area (Å²) in [4.78, 5) is 20.8. The van der Waals surface area contributed by atoms with Gasteiger partial charge in [0.25, 0.3) is 5.69 Å². The number of hydrogen-bond acceptors (Lipinski definition) is 5. The third kappa shape index (κ3) is 2.81. The number of nitro benzene ring substituents is 1. The molecular weight excluding hydrogens is 214 g/mol. The van der Waals surface area contributed by atoms with E-state index in [4.69, 9.17) is 0 Å². The highest BCUT2D eigenvalue weighted by atomic mass is 16.6. The topological polar surface area (TPSA) is 89.7 Å². The fourth-order valence-electron chi connectivity index (χ4n) is 1.05. The van der Waals surface area contributed by atoms with E-state index in [-0.39, 0.29) is 5.69 Å². The fourth-order valence-corrected chi connectivity index (χ4v) is 1.05. The van der Waals surface area contributed by atoms with Gasteiger partial charge >= 0.3 is 5.97 Å². The molecule has 0 fully saturated rings. The quantitative estimate of drug-likeness (QED) is 0.277. The zero-order valence-corrected chi connectivity index (χ0v) is 8.41. The number of methoxy groups -OCH3 is 1. The number of aliphatic hydroxyl groups excluding tert-OH is 1. The van der Waals surface area contributed by atoms with E-state index in [1.54, 1.807) is 0 Å². The van der Waals surface area contributed by atoms with Gasteiger partial charge in [-0.2, -0.15) is 0 Å². The van der Waals surface area contributed by atoms with Crippen molar-refractivity contribution < 1.29 is 19.6 Å². The highest BCUT2D eigenvalue weighted by Crippen LogP contribution is 2.15. The molecule has 0 spiro atoms. The lowest BCUT2D eigenvalue weighted by Crippen LogP contribution is -2.03. The first-order chi connectivity index (χ1) is 7.54. The predicted molar refractivity (Wildman–Crippen MR) is 55.7 cm³/mol. The number of nitrogens with zero attached hydrogens (tertiary/aromatic N) is 1. The first-order valence-electron chi connectivity index (χ1n) is 4.28. The third-order valence-electron chi connectivity index (χ3n) is 1.78. The number of aliphatic hydroxyl groups is 1. The van der Waals surface area contributed by atoms with Gasteiger partial charge < -0.3 is 9.84 Å². The highest BCUT2D eigenvalue weighted by Gasteiger charge is 2.09. The molecule has 0 amide bonds. The summed E-state index contributed by atoms with van der Waals surface area (Å²) in [6.07, 6.45) is 1.10. The van der Waals surface area contributed by atoms with Gasteiger partial charge in [0, 0.05) is 12.1 Å². The Bertz CT molecular complexity index is 452. The third-order valence-corrected chi connectivity index (χ3v) is 1.78. The van der Waals surface area contributed by atoms with Crippen LogP contribution in [0.25, 0.3) is 6.08 Å². The van der Waals surface area contributed by atoms with Crippen molar-refractivity contribution in [3.8, 4) is 0 Å². The first-order valence-corrected chi connectivity index (χ1v) is 4.28. The van der Waals surface area contributed by atoms with Crippen molar-refractivity contribution in [3.05, 3.63) is 45.7 Å². The minimum absolute atomic E-state index is 0.119.